The lowest BCUT2D eigenvalue weighted by atomic mass is 9.90. The van der Waals surface area contributed by atoms with Gasteiger partial charge < -0.3 is 10.2 Å². The summed E-state index contributed by atoms with van der Waals surface area (Å²) in [5.74, 6) is -0.430. The molecule has 0 amide bonds. The van der Waals surface area contributed by atoms with Crippen molar-refractivity contribution in [3.63, 3.8) is 0 Å². The van der Waals surface area contributed by atoms with Gasteiger partial charge in [-0.2, -0.15) is 0 Å². The topological polar surface area (TPSA) is 84.7 Å². The van der Waals surface area contributed by atoms with Crippen LogP contribution < -0.4 is 5.32 Å². The van der Waals surface area contributed by atoms with Crippen LogP contribution in [0.15, 0.2) is 42.5 Å². The Morgan fingerprint density at radius 1 is 1.32 bits per heavy atom. The van der Waals surface area contributed by atoms with E-state index >= 15 is 0 Å². The fraction of sp³-hybridized carbons (Fsp3) is 0.381. The molecule has 1 unspecified atom stereocenters. The first-order valence-corrected chi connectivity index (χ1v) is 9.51. The van der Waals surface area contributed by atoms with Gasteiger partial charge in [-0.15, -0.1) is 10.1 Å². The monoisotopic (exact) mass is 383 g/mol. The van der Waals surface area contributed by atoms with Crippen LogP contribution in [0.1, 0.15) is 47.2 Å². The molecule has 28 heavy (non-hydrogen) atoms. The molecule has 2 aromatic carbocycles. The van der Waals surface area contributed by atoms with Gasteiger partial charge in [0.15, 0.2) is 0 Å². The normalized spacial score (nSPS) is 17.1. The first-order valence-electron chi connectivity index (χ1n) is 9.51. The molecular weight excluding hydrogens is 358 g/mol. The third-order valence-electron chi connectivity index (χ3n) is 5.14. The highest BCUT2D eigenvalue weighted by atomic mass is 17.0. The van der Waals surface area contributed by atoms with E-state index in [1.165, 1.54) is 24.5 Å². The van der Waals surface area contributed by atoms with Gasteiger partial charge in [0, 0.05) is 23.5 Å². The number of likely N-dealkylation sites (tertiary alicyclic amines) is 1. The number of likely N-dealkylation sites (N-methyl/N-ethyl adjacent to an activating group) is 1. The molecule has 1 fully saturated rings. The standard InChI is InChI=1S/C21H25N3O4/c1-3-15-12-17(21(25)28-24(26)27)9-10-20(15)22-19-8-4-6-16(13-19)18-7-5-11-23(2)14-18/h4,6,8-10,12-13,18,22H,3,5,7,11,14H2,1-2H3. The van der Waals surface area contributed by atoms with Gasteiger partial charge in [0.2, 0.25) is 0 Å². The molecule has 0 radical (unpaired) electrons. The van der Waals surface area contributed by atoms with Crippen LogP contribution >= 0.6 is 0 Å². The van der Waals surface area contributed by atoms with Crippen molar-refractivity contribution in [2.75, 3.05) is 25.5 Å². The predicted molar refractivity (Wildman–Crippen MR) is 107 cm³/mol. The van der Waals surface area contributed by atoms with E-state index in [4.69, 9.17) is 0 Å². The van der Waals surface area contributed by atoms with Crippen LogP contribution in [0, 0.1) is 10.1 Å². The molecule has 1 heterocycles. The highest BCUT2D eigenvalue weighted by Gasteiger charge is 2.19. The SMILES string of the molecule is CCc1cc(C(=O)O[N+](=O)[O-])ccc1Nc1cccc(C2CCCN(C)C2)c1. The Labute approximate surface area is 164 Å². The van der Waals surface area contributed by atoms with Crippen molar-refractivity contribution in [1.82, 2.24) is 4.90 Å². The average molecular weight is 383 g/mol. The summed E-state index contributed by atoms with van der Waals surface area (Å²) < 4.78 is 0. The van der Waals surface area contributed by atoms with E-state index in [1.54, 1.807) is 12.1 Å². The fourth-order valence-corrected chi connectivity index (χ4v) is 3.72. The van der Waals surface area contributed by atoms with Gasteiger partial charge in [0.25, 0.3) is 0 Å². The van der Waals surface area contributed by atoms with Crippen LogP contribution in [0.2, 0.25) is 0 Å². The Kier molecular flexibility index (Phi) is 6.26. The van der Waals surface area contributed by atoms with Crippen molar-refractivity contribution in [2.45, 2.75) is 32.1 Å². The quantitative estimate of drug-likeness (QED) is 0.596. The van der Waals surface area contributed by atoms with Gasteiger partial charge in [-0.05, 0) is 80.2 Å². The molecule has 7 nitrogen and oxygen atoms in total. The van der Waals surface area contributed by atoms with Crippen LogP contribution in [-0.4, -0.2) is 36.1 Å². The number of hydrogen-bond donors (Lipinski definition) is 1. The maximum atomic E-state index is 11.8. The second-order valence-corrected chi connectivity index (χ2v) is 7.18. The van der Waals surface area contributed by atoms with E-state index in [-0.39, 0.29) is 5.56 Å². The van der Waals surface area contributed by atoms with E-state index in [0.717, 1.165) is 30.0 Å². The van der Waals surface area contributed by atoms with E-state index in [0.29, 0.717) is 12.3 Å². The third kappa shape index (κ3) is 4.86. The first kappa shape index (κ1) is 19.8. The summed E-state index contributed by atoms with van der Waals surface area (Å²) in [6.45, 7) is 4.19. The molecule has 0 aliphatic carbocycles. The molecule has 1 saturated heterocycles. The minimum absolute atomic E-state index is 0.165. The zero-order valence-electron chi connectivity index (χ0n) is 16.2. The molecule has 2 aromatic rings. The van der Waals surface area contributed by atoms with Crippen LogP contribution in [0.4, 0.5) is 11.4 Å². The molecule has 7 heteroatoms. The number of carbonyl (C=O) groups is 1. The van der Waals surface area contributed by atoms with Crippen molar-refractivity contribution < 1.29 is 14.7 Å². The highest BCUT2D eigenvalue weighted by Crippen LogP contribution is 2.30. The summed E-state index contributed by atoms with van der Waals surface area (Å²) in [4.78, 5) is 28.5. The number of hydrogen-bond acceptors (Lipinski definition) is 6. The Morgan fingerprint density at radius 3 is 2.86 bits per heavy atom. The summed E-state index contributed by atoms with van der Waals surface area (Å²) >= 11 is 0. The minimum atomic E-state index is -1.09. The first-order chi connectivity index (χ1) is 13.5. The van der Waals surface area contributed by atoms with Crippen molar-refractivity contribution in [3.8, 4) is 0 Å². The number of anilines is 2. The van der Waals surface area contributed by atoms with Crippen LogP contribution in [0.3, 0.4) is 0 Å². The summed E-state index contributed by atoms with van der Waals surface area (Å²) in [6.07, 6.45) is 3.08. The van der Waals surface area contributed by atoms with Gasteiger partial charge in [0.1, 0.15) is 0 Å². The molecular formula is C21H25N3O4. The number of rotatable bonds is 6. The van der Waals surface area contributed by atoms with Crippen LogP contribution in [0.5, 0.6) is 0 Å². The molecule has 0 aromatic heterocycles. The molecule has 1 atom stereocenters. The molecule has 3 rings (SSSR count). The molecule has 1 aliphatic heterocycles. The van der Waals surface area contributed by atoms with E-state index in [2.05, 4.69) is 40.3 Å². The zero-order valence-corrected chi connectivity index (χ0v) is 16.2. The van der Waals surface area contributed by atoms with Gasteiger partial charge >= 0.3 is 11.1 Å². The van der Waals surface area contributed by atoms with Gasteiger partial charge in [0.05, 0.1) is 0 Å². The maximum Gasteiger partial charge on any atom is 0.334 e. The molecule has 1 N–H and O–H groups in total. The van der Waals surface area contributed by atoms with Crippen LogP contribution in [0.25, 0.3) is 0 Å². The lowest BCUT2D eigenvalue weighted by Gasteiger charge is -2.30. The Bertz CT molecular complexity index is 868. The van der Waals surface area contributed by atoms with E-state index < -0.39 is 11.1 Å². The van der Waals surface area contributed by atoms with Crippen molar-refractivity contribution in [2.24, 2.45) is 0 Å². The Morgan fingerprint density at radius 2 is 2.14 bits per heavy atom. The second kappa shape index (κ2) is 8.84. The molecule has 0 spiro atoms. The third-order valence-corrected chi connectivity index (χ3v) is 5.14. The number of piperidine rings is 1. The number of benzene rings is 2. The van der Waals surface area contributed by atoms with E-state index in [1.807, 2.05) is 13.0 Å². The van der Waals surface area contributed by atoms with Crippen molar-refractivity contribution in [3.05, 3.63) is 69.3 Å². The summed E-state index contributed by atoms with van der Waals surface area (Å²) in [5, 5.41) is 12.7. The largest absolute Gasteiger partial charge is 0.355 e. The van der Waals surface area contributed by atoms with Gasteiger partial charge in [-0.25, -0.2) is 4.84 Å². The Balaban J connectivity index is 1.78. The van der Waals surface area contributed by atoms with Crippen molar-refractivity contribution in [1.29, 1.82) is 0 Å². The maximum absolute atomic E-state index is 11.8. The molecule has 0 bridgehead atoms. The second-order valence-electron chi connectivity index (χ2n) is 7.18. The summed E-state index contributed by atoms with van der Waals surface area (Å²) in [6, 6.07) is 13.4. The lowest BCUT2D eigenvalue weighted by Crippen LogP contribution is -2.30. The number of nitrogens with zero attached hydrogens (tertiary/aromatic N) is 2. The number of aryl methyl sites for hydroxylation is 1. The number of nitrogens with one attached hydrogen (secondary N) is 1. The smallest absolute Gasteiger partial charge is 0.334 e. The lowest BCUT2D eigenvalue weighted by molar-refractivity contribution is -0.727. The zero-order chi connectivity index (χ0) is 20.1. The molecule has 1 aliphatic rings. The highest BCUT2D eigenvalue weighted by molar-refractivity contribution is 5.90. The summed E-state index contributed by atoms with van der Waals surface area (Å²) in [5.41, 5.74) is 4.23. The van der Waals surface area contributed by atoms with Gasteiger partial charge in [-0.3, -0.25) is 4.79 Å². The molecule has 148 valence electrons. The molecule has 0 saturated carbocycles. The average Bonchev–Trinajstić information content (AvgIpc) is 2.68. The Hall–Kier alpha value is -2.93. The fourth-order valence-electron chi connectivity index (χ4n) is 3.72. The summed E-state index contributed by atoms with van der Waals surface area (Å²) in [7, 11) is 2.16. The minimum Gasteiger partial charge on any atom is -0.355 e. The van der Waals surface area contributed by atoms with Gasteiger partial charge in [-0.1, -0.05) is 19.1 Å². The van der Waals surface area contributed by atoms with Crippen molar-refractivity contribution >= 4 is 17.3 Å². The number of carbonyl (C=O) groups excluding carboxylic acids is 1. The van der Waals surface area contributed by atoms with Crippen LogP contribution in [-0.2, 0) is 11.3 Å². The van der Waals surface area contributed by atoms with E-state index in [9.17, 15) is 14.9 Å². The predicted octanol–water partition coefficient (Wildman–Crippen LogP) is 4.15.